The number of ether oxygens (including phenoxy) is 2. The van der Waals surface area contributed by atoms with E-state index in [4.69, 9.17) is 14.5 Å². The number of nitrogens with zero attached hydrogens (tertiary/aromatic N) is 6. The fourth-order valence-electron chi connectivity index (χ4n) is 5.01. The molecule has 188 valence electrons. The van der Waals surface area contributed by atoms with Gasteiger partial charge in [0, 0.05) is 44.0 Å². The second kappa shape index (κ2) is 9.73. The van der Waals surface area contributed by atoms with Gasteiger partial charge in [-0.1, -0.05) is 0 Å². The standard InChI is InChI=1S/C25H28FN7O3/c26-18-5-3-17(4-6-18)21-22(33-12-15-36-24(33)30-21)20-7-8-27-23(29-20)28-19-2-1-9-32(16-19)25(34)31-10-13-35-14-11-31/h3-8,19H,1-2,9-16H2,(H,27,28,29)/t19-/m1/s1. The number of aromatic nitrogens is 4. The van der Waals surface area contributed by atoms with E-state index < -0.39 is 0 Å². The topological polar surface area (TPSA) is 97.6 Å². The van der Waals surface area contributed by atoms with E-state index in [2.05, 4.69) is 15.3 Å². The van der Waals surface area contributed by atoms with Crippen LogP contribution in [0.3, 0.4) is 0 Å². The molecule has 10 nitrogen and oxygen atoms in total. The Bertz CT molecular complexity index is 1240. The van der Waals surface area contributed by atoms with Crippen molar-refractivity contribution in [3.05, 3.63) is 42.3 Å². The molecular weight excluding hydrogens is 465 g/mol. The van der Waals surface area contributed by atoms with Crippen molar-refractivity contribution >= 4 is 12.0 Å². The molecule has 3 aliphatic rings. The lowest BCUT2D eigenvalue weighted by Crippen LogP contribution is -2.53. The van der Waals surface area contributed by atoms with Crippen LogP contribution in [-0.4, -0.2) is 87.4 Å². The van der Waals surface area contributed by atoms with E-state index >= 15 is 0 Å². The summed E-state index contributed by atoms with van der Waals surface area (Å²) >= 11 is 0. The van der Waals surface area contributed by atoms with Crippen LogP contribution < -0.4 is 10.1 Å². The lowest BCUT2D eigenvalue weighted by Gasteiger charge is -2.37. The number of amides is 2. The van der Waals surface area contributed by atoms with Crippen LogP contribution in [0.25, 0.3) is 22.6 Å². The molecule has 0 radical (unpaired) electrons. The second-order valence-electron chi connectivity index (χ2n) is 9.18. The van der Waals surface area contributed by atoms with Crippen LogP contribution in [0.5, 0.6) is 6.01 Å². The van der Waals surface area contributed by atoms with Gasteiger partial charge in [0.15, 0.2) is 0 Å². The van der Waals surface area contributed by atoms with Crippen LogP contribution in [-0.2, 0) is 11.3 Å². The van der Waals surface area contributed by atoms with Gasteiger partial charge in [-0.3, -0.25) is 4.57 Å². The van der Waals surface area contributed by atoms with Gasteiger partial charge in [-0.25, -0.2) is 19.2 Å². The molecule has 3 aromatic rings. The second-order valence-corrected chi connectivity index (χ2v) is 9.18. The van der Waals surface area contributed by atoms with Gasteiger partial charge in [-0.05, 0) is 43.2 Å². The largest absolute Gasteiger partial charge is 0.463 e. The highest BCUT2D eigenvalue weighted by Gasteiger charge is 2.29. The van der Waals surface area contributed by atoms with Crippen molar-refractivity contribution < 1.29 is 18.7 Å². The highest BCUT2D eigenvalue weighted by molar-refractivity contribution is 5.78. The molecule has 2 aromatic heterocycles. The molecule has 2 saturated heterocycles. The number of anilines is 1. The van der Waals surface area contributed by atoms with Crippen molar-refractivity contribution in [1.82, 2.24) is 29.3 Å². The van der Waals surface area contributed by atoms with Gasteiger partial charge in [-0.2, -0.15) is 4.98 Å². The Kier molecular flexibility index (Phi) is 6.14. The number of carbonyl (C=O) groups is 1. The van der Waals surface area contributed by atoms with Crippen LogP contribution in [0, 0.1) is 5.82 Å². The number of fused-ring (bicyclic) bond motifs is 1. The van der Waals surface area contributed by atoms with E-state index in [0.717, 1.165) is 30.6 Å². The Morgan fingerprint density at radius 3 is 2.67 bits per heavy atom. The number of hydrogen-bond donors (Lipinski definition) is 1. The van der Waals surface area contributed by atoms with Gasteiger partial charge in [0.1, 0.15) is 18.1 Å². The molecule has 1 aromatic carbocycles. The van der Waals surface area contributed by atoms with E-state index in [1.165, 1.54) is 12.1 Å². The number of piperidine rings is 1. The Morgan fingerprint density at radius 2 is 1.83 bits per heavy atom. The molecule has 5 heterocycles. The van der Waals surface area contributed by atoms with Gasteiger partial charge in [0.2, 0.25) is 5.95 Å². The number of imidazole rings is 1. The van der Waals surface area contributed by atoms with Gasteiger partial charge in [0.25, 0.3) is 6.01 Å². The molecule has 0 aliphatic carbocycles. The molecule has 1 N–H and O–H groups in total. The normalized spacial score (nSPS) is 19.6. The van der Waals surface area contributed by atoms with Gasteiger partial charge >= 0.3 is 6.03 Å². The molecule has 2 amide bonds. The number of carbonyl (C=O) groups excluding carboxylic acids is 1. The number of nitrogens with one attached hydrogen (secondary N) is 1. The first kappa shape index (κ1) is 22.7. The maximum atomic E-state index is 13.5. The predicted octanol–water partition coefficient (Wildman–Crippen LogP) is 2.87. The first-order valence-electron chi connectivity index (χ1n) is 12.4. The van der Waals surface area contributed by atoms with Crippen LogP contribution in [0.15, 0.2) is 36.5 Å². The van der Waals surface area contributed by atoms with E-state index in [9.17, 15) is 9.18 Å². The third-order valence-corrected chi connectivity index (χ3v) is 6.80. The Morgan fingerprint density at radius 1 is 1.00 bits per heavy atom. The minimum absolute atomic E-state index is 0.0510. The summed E-state index contributed by atoms with van der Waals surface area (Å²) < 4.78 is 26.6. The fraction of sp³-hybridized carbons (Fsp3) is 0.440. The van der Waals surface area contributed by atoms with E-state index in [0.29, 0.717) is 69.3 Å². The molecule has 0 bridgehead atoms. The van der Waals surface area contributed by atoms with Crippen LogP contribution in [0.2, 0.25) is 0 Å². The zero-order valence-corrected chi connectivity index (χ0v) is 19.9. The van der Waals surface area contributed by atoms with E-state index in [1.807, 2.05) is 20.4 Å². The molecule has 6 rings (SSSR count). The summed E-state index contributed by atoms with van der Waals surface area (Å²) in [5.41, 5.74) is 2.99. The fourth-order valence-corrected chi connectivity index (χ4v) is 5.01. The molecular formula is C25H28FN7O3. The van der Waals surface area contributed by atoms with Crippen molar-refractivity contribution in [3.8, 4) is 28.7 Å². The van der Waals surface area contributed by atoms with Crippen LogP contribution >= 0.6 is 0 Å². The molecule has 11 heteroatoms. The number of likely N-dealkylation sites (tertiary alicyclic amines) is 1. The van der Waals surface area contributed by atoms with Gasteiger partial charge in [-0.15, -0.1) is 0 Å². The third kappa shape index (κ3) is 4.46. The lowest BCUT2D eigenvalue weighted by molar-refractivity contribution is 0.0412. The Balaban J connectivity index is 1.23. The van der Waals surface area contributed by atoms with Crippen molar-refractivity contribution in [1.29, 1.82) is 0 Å². The smallest absolute Gasteiger partial charge is 0.320 e. The molecule has 1 atom stereocenters. The SMILES string of the molecule is O=C(N1CCOCC1)N1CCC[C@@H](Nc2nccc(-c3c(-c4ccc(F)cc4)nc4n3CCO4)n2)C1. The molecule has 0 spiro atoms. The molecule has 0 saturated carbocycles. The monoisotopic (exact) mass is 493 g/mol. The molecule has 2 fully saturated rings. The summed E-state index contributed by atoms with van der Waals surface area (Å²) in [7, 11) is 0. The van der Waals surface area contributed by atoms with E-state index in [1.54, 1.807) is 18.3 Å². The first-order valence-corrected chi connectivity index (χ1v) is 12.4. The third-order valence-electron chi connectivity index (χ3n) is 6.80. The minimum Gasteiger partial charge on any atom is -0.463 e. The highest BCUT2D eigenvalue weighted by Crippen LogP contribution is 2.36. The zero-order chi connectivity index (χ0) is 24.5. The number of rotatable bonds is 4. The molecule has 0 unspecified atom stereocenters. The summed E-state index contributed by atoms with van der Waals surface area (Å²) in [5.74, 6) is 0.197. The van der Waals surface area contributed by atoms with E-state index in [-0.39, 0.29) is 17.9 Å². The number of benzene rings is 1. The maximum absolute atomic E-state index is 13.5. The Hall–Kier alpha value is -3.73. The molecule has 3 aliphatic heterocycles. The van der Waals surface area contributed by atoms with Crippen molar-refractivity contribution in [2.75, 3.05) is 51.3 Å². The summed E-state index contributed by atoms with van der Waals surface area (Å²) in [6.45, 7) is 4.99. The van der Waals surface area contributed by atoms with Gasteiger partial charge in [0.05, 0.1) is 31.1 Å². The van der Waals surface area contributed by atoms with Crippen LogP contribution in [0.4, 0.5) is 15.1 Å². The number of halogens is 1. The quantitative estimate of drug-likeness (QED) is 0.597. The van der Waals surface area contributed by atoms with Crippen molar-refractivity contribution in [3.63, 3.8) is 0 Å². The Labute approximate surface area is 208 Å². The number of urea groups is 1. The zero-order valence-electron chi connectivity index (χ0n) is 19.9. The van der Waals surface area contributed by atoms with Crippen molar-refractivity contribution in [2.45, 2.75) is 25.4 Å². The number of morpholine rings is 1. The maximum Gasteiger partial charge on any atom is 0.320 e. The number of hydrogen-bond acceptors (Lipinski definition) is 7. The summed E-state index contributed by atoms with van der Waals surface area (Å²) in [5, 5.41) is 3.44. The lowest BCUT2D eigenvalue weighted by atomic mass is 10.1. The predicted molar refractivity (Wildman–Crippen MR) is 130 cm³/mol. The summed E-state index contributed by atoms with van der Waals surface area (Å²) in [6, 6.07) is 8.75. The average molecular weight is 494 g/mol. The van der Waals surface area contributed by atoms with Crippen LogP contribution in [0.1, 0.15) is 12.8 Å². The summed E-state index contributed by atoms with van der Waals surface area (Å²) in [6.07, 6.45) is 3.56. The summed E-state index contributed by atoms with van der Waals surface area (Å²) in [4.78, 5) is 30.6. The van der Waals surface area contributed by atoms with Gasteiger partial charge < -0.3 is 24.6 Å². The first-order chi connectivity index (χ1) is 17.7. The molecule has 36 heavy (non-hydrogen) atoms. The van der Waals surface area contributed by atoms with Crippen molar-refractivity contribution in [2.24, 2.45) is 0 Å². The average Bonchev–Trinajstić information content (AvgIpc) is 3.51. The highest BCUT2D eigenvalue weighted by atomic mass is 19.1. The minimum atomic E-state index is -0.301.